The van der Waals surface area contributed by atoms with Crippen molar-refractivity contribution >= 4 is 0 Å². The number of hydrogen-bond donors (Lipinski definition) is 1. The number of fused-ring (bicyclic) bond motifs is 2. The lowest BCUT2D eigenvalue weighted by atomic mass is 9.56. The van der Waals surface area contributed by atoms with E-state index in [1.165, 1.54) is 6.07 Å². The molecule has 1 nitrogen and oxygen atoms in total. The van der Waals surface area contributed by atoms with E-state index in [1.807, 2.05) is 0 Å². The van der Waals surface area contributed by atoms with Gasteiger partial charge in [0.2, 0.25) is 5.82 Å². The molecule has 1 saturated carbocycles. The van der Waals surface area contributed by atoms with Crippen LogP contribution in [0, 0.1) is 22.5 Å². The van der Waals surface area contributed by atoms with Crippen molar-refractivity contribution in [3.8, 4) is 5.75 Å². The van der Waals surface area contributed by atoms with Gasteiger partial charge in [0, 0.05) is 10.8 Å². The third-order valence-electron chi connectivity index (χ3n) is 5.51. The van der Waals surface area contributed by atoms with Crippen molar-refractivity contribution in [1.82, 2.24) is 0 Å². The Morgan fingerprint density at radius 2 is 1.59 bits per heavy atom. The number of aromatic hydroxyl groups is 1. The van der Waals surface area contributed by atoms with Gasteiger partial charge in [0.05, 0.1) is 0 Å². The maximum Gasteiger partial charge on any atom is 0.200 e. The quantitative estimate of drug-likeness (QED) is 0.747. The molecule has 0 radical (unpaired) electrons. The van der Waals surface area contributed by atoms with Crippen LogP contribution in [0.5, 0.6) is 5.75 Å². The molecule has 1 aromatic rings. The van der Waals surface area contributed by atoms with Gasteiger partial charge in [0.25, 0.3) is 0 Å². The number of halogens is 4. The molecule has 0 spiro atoms. The van der Waals surface area contributed by atoms with Gasteiger partial charge in [-0.05, 0) is 50.2 Å². The molecule has 1 aromatic carbocycles. The summed E-state index contributed by atoms with van der Waals surface area (Å²) >= 11 is 0. The zero-order chi connectivity index (χ0) is 16.1. The molecule has 1 N–H and O–H groups in total. The minimum absolute atomic E-state index is 0.0804. The fourth-order valence-electron chi connectivity index (χ4n) is 3.72. The molecule has 0 unspecified atom stereocenters. The fourth-order valence-corrected chi connectivity index (χ4v) is 3.72. The van der Waals surface area contributed by atoms with Crippen molar-refractivity contribution in [3.63, 3.8) is 0 Å². The predicted octanol–water partition coefficient (Wildman–Crippen LogP) is 5.33. The summed E-state index contributed by atoms with van der Waals surface area (Å²) in [6, 6.07) is 2.37. The molecule has 0 saturated heterocycles. The Kier molecular flexibility index (Phi) is 3.49. The molecule has 5 heteroatoms. The summed E-state index contributed by atoms with van der Waals surface area (Å²) in [5, 5.41) is 9.12. The summed E-state index contributed by atoms with van der Waals surface area (Å²) in [7, 11) is 0. The summed E-state index contributed by atoms with van der Waals surface area (Å²) in [6.07, 6.45) is 2.58. The molecule has 0 heterocycles. The Hall–Kier alpha value is -1.52. The first-order valence-electron chi connectivity index (χ1n) is 7.51. The highest BCUT2D eigenvalue weighted by atomic mass is 19.2. The van der Waals surface area contributed by atoms with Gasteiger partial charge in [-0.3, -0.25) is 0 Å². The lowest BCUT2D eigenvalue weighted by molar-refractivity contribution is 0.0496. The number of benzene rings is 1. The molecule has 120 valence electrons. The van der Waals surface area contributed by atoms with Gasteiger partial charge in [0.15, 0.2) is 11.6 Å². The Labute approximate surface area is 126 Å². The smallest absolute Gasteiger partial charge is 0.200 e. The predicted molar refractivity (Wildman–Crippen MR) is 74.6 cm³/mol. The first-order chi connectivity index (χ1) is 10.3. The number of allylic oxidation sites excluding steroid dienone is 2. The summed E-state index contributed by atoms with van der Waals surface area (Å²) in [6.45, 7) is 1.74. The maximum atomic E-state index is 14.4. The standard InChI is InChI=1S/C17H18F4O/c1-16-6-8-17(9-7-16,15(21)14(16)20)5-4-10-2-3-11(22)13(19)12(10)18/h2-3,22H,4-9H2,1H3. The SMILES string of the molecule is CC12CCC(CCc3ccc(O)c(F)c3F)(CC1)C(F)=C2F. The highest BCUT2D eigenvalue weighted by Gasteiger charge is 2.53. The average molecular weight is 314 g/mol. The largest absolute Gasteiger partial charge is 0.505 e. The van der Waals surface area contributed by atoms with Gasteiger partial charge in [0.1, 0.15) is 11.7 Å². The van der Waals surface area contributed by atoms with Crippen LogP contribution in [0.25, 0.3) is 0 Å². The van der Waals surface area contributed by atoms with Gasteiger partial charge < -0.3 is 5.11 Å². The van der Waals surface area contributed by atoms with E-state index < -0.39 is 39.9 Å². The molecule has 0 aromatic heterocycles. The van der Waals surface area contributed by atoms with E-state index in [-0.39, 0.29) is 18.4 Å². The van der Waals surface area contributed by atoms with Crippen LogP contribution in [0.15, 0.2) is 23.8 Å². The van der Waals surface area contributed by atoms with E-state index in [0.717, 1.165) is 6.07 Å². The van der Waals surface area contributed by atoms with E-state index in [9.17, 15) is 17.6 Å². The van der Waals surface area contributed by atoms with Crippen LogP contribution in [0.2, 0.25) is 0 Å². The van der Waals surface area contributed by atoms with Crippen LogP contribution in [0.4, 0.5) is 17.6 Å². The van der Waals surface area contributed by atoms with Gasteiger partial charge in [-0.15, -0.1) is 0 Å². The van der Waals surface area contributed by atoms with Gasteiger partial charge in [-0.25, -0.2) is 13.2 Å². The van der Waals surface area contributed by atoms with Crippen molar-refractivity contribution in [3.05, 3.63) is 41.0 Å². The first-order valence-corrected chi connectivity index (χ1v) is 7.51. The zero-order valence-electron chi connectivity index (χ0n) is 12.4. The minimum atomic E-state index is -1.29. The van der Waals surface area contributed by atoms with Gasteiger partial charge in [-0.1, -0.05) is 13.0 Å². The van der Waals surface area contributed by atoms with E-state index in [4.69, 9.17) is 5.11 Å². The molecular formula is C17H18F4O. The van der Waals surface area contributed by atoms with Crippen LogP contribution < -0.4 is 0 Å². The third kappa shape index (κ3) is 2.13. The van der Waals surface area contributed by atoms with E-state index >= 15 is 0 Å². The average Bonchev–Trinajstić information content (AvgIpc) is 2.51. The van der Waals surface area contributed by atoms with Gasteiger partial charge >= 0.3 is 0 Å². The van der Waals surface area contributed by atoms with Crippen molar-refractivity contribution < 1.29 is 22.7 Å². The van der Waals surface area contributed by atoms with Crippen molar-refractivity contribution in [2.45, 2.75) is 45.4 Å². The fraction of sp³-hybridized carbons (Fsp3) is 0.529. The first kappa shape index (κ1) is 15.4. The Bertz CT molecular complexity index is 642. The van der Waals surface area contributed by atoms with Crippen LogP contribution in [-0.4, -0.2) is 5.11 Å². The second-order valence-electron chi connectivity index (χ2n) is 6.84. The number of rotatable bonds is 3. The van der Waals surface area contributed by atoms with Crippen molar-refractivity contribution in [2.24, 2.45) is 10.8 Å². The zero-order valence-corrected chi connectivity index (χ0v) is 12.4. The second kappa shape index (κ2) is 5.00. The van der Waals surface area contributed by atoms with Crippen LogP contribution in [0.3, 0.4) is 0 Å². The van der Waals surface area contributed by atoms with E-state index in [1.54, 1.807) is 6.92 Å². The molecule has 3 aliphatic carbocycles. The molecule has 0 atom stereocenters. The topological polar surface area (TPSA) is 20.2 Å². The Morgan fingerprint density at radius 1 is 0.955 bits per heavy atom. The second-order valence-corrected chi connectivity index (χ2v) is 6.84. The molecule has 0 amide bonds. The summed E-state index contributed by atoms with van der Waals surface area (Å²) in [5.74, 6) is -4.52. The van der Waals surface area contributed by atoms with E-state index in [2.05, 4.69) is 0 Å². The molecule has 4 rings (SSSR count). The number of phenolic OH excluding ortho intramolecular Hbond substituents is 1. The molecule has 2 bridgehead atoms. The summed E-state index contributed by atoms with van der Waals surface area (Å²) < 4.78 is 55.7. The summed E-state index contributed by atoms with van der Waals surface area (Å²) in [5.41, 5.74) is -1.50. The van der Waals surface area contributed by atoms with Crippen LogP contribution >= 0.6 is 0 Å². The molecule has 1 fully saturated rings. The highest BCUT2D eigenvalue weighted by Crippen LogP contribution is 2.61. The monoisotopic (exact) mass is 314 g/mol. The lowest BCUT2D eigenvalue weighted by Crippen LogP contribution is -2.40. The Morgan fingerprint density at radius 3 is 2.23 bits per heavy atom. The number of hydrogen-bond acceptors (Lipinski definition) is 1. The molecule has 3 aliphatic rings. The van der Waals surface area contributed by atoms with E-state index in [0.29, 0.717) is 25.7 Å². The maximum absolute atomic E-state index is 14.4. The van der Waals surface area contributed by atoms with Gasteiger partial charge in [-0.2, -0.15) is 4.39 Å². The highest BCUT2D eigenvalue weighted by molar-refractivity contribution is 5.31. The normalized spacial score (nSPS) is 31.0. The summed E-state index contributed by atoms with van der Waals surface area (Å²) in [4.78, 5) is 0. The van der Waals surface area contributed by atoms with Crippen LogP contribution in [0.1, 0.15) is 44.6 Å². The van der Waals surface area contributed by atoms with Crippen molar-refractivity contribution in [1.29, 1.82) is 0 Å². The Balaban J connectivity index is 1.84. The van der Waals surface area contributed by atoms with Crippen LogP contribution in [-0.2, 0) is 6.42 Å². The minimum Gasteiger partial charge on any atom is -0.505 e. The number of phenols is 1. The molecular weight excluding hydrogens is 296 g/mol. The molecule has 22 heavy (non-hydrogen) atoms. The lowest BCUT2D eigenvalue weighted by Gasteiger charge is -2.49. The van der Waals surface area contributed by atoms with Crippen molar-refractivity contribution in [2.75, 3.05) is 0 Å². The third-order valence-corrected chi connectivity index (χ3v) is 5.51. The molecule has 0 aliphatic heterocycles. The number of aryl methyl sites for hydroxylation is 1.